The number of aliphatic hydroxyl groups is 1. The topological polar surface area (TPSA) is 102 Å². The zero-order valence-electron chi connectivity index (χ0n) is 28.6. The van der Waals surface area contributed by atoms with E-state index < -0.39 is 12.1 Å². The van der Waals surface area contributed by atoms with E-state index in [1.807, 2.05) is 54.6 Å². The lowest BCUT2D eigenvalue weighted by Gasteiger charge is -2.44. The maximum absolute atomic E-state index is 12.4. The van der Waals surface area contributed by atoms with Crippen molar-refractivity contribution >= 4 is 6.03 Å². The second kappa shape index (κ2) is 15.9. The first kappa shape index (κ1) is 34.4. The van der Waals surface area contributed by atoms with Gasteiger partial charge < -0.3 is 39.6 Å². The molecule has 3 heterocycles. The van der Waals surface area contributed by atoms with E-state index >= 15 is 0 Å². The number of amides is 2. The van der Waals surface area contributed by atoms with Gasteiger partial charge in [-0.15, -0.1) is 0 Å². The van der Waals surface area contributed by atoms with Crippen LogP contribution in [0.5, 0.6) is 0 Å². The van der Waals surface area contributed by atoms with Crippen molar-refractivity contribution in [2.45, 2.75) is 63.7 Å². The molecule has 1 spiro atoms. The number of carbonyl (C=O) groups is 1. The van der Waals surface area contributed by atoms with Crippen molar-refractivity contribution in [1.82, 2.24) is 15.5 Å². The van der Waals surface area contributed by atoms with Crippen molar-refractivity contribution in [2.75, 3.05) is 32.8 Å². The predicted molar refractivity (Wildman–Crippen MR) is 191 cm³/mol. The van der Waals surface area contributed by atoms with Gasteiger partial charge in [-0.05, 0) is 39.4 Å². The van der Waals surface area contributed by atoms with E-state index in [0.717, 1.165) is 71.4 Å². The van der Waals surface area contributed by atoms with Gasteiger partial charge in [0.2, 0.25) is 0 Å². The van der Waals surface area contributed by atoms with Gasteiger partial charge in [0.1, 0.15) is 0 Å². The third kappa shape index (κ3) is 8.26. The van der Waals surface area contributed by atoms with Crippen LogP contribution in [0.15, 0.2) is 103 Å². The summed E-state index contributed by atoms with van der Waals surface area (Å²) in [5.74, 6) is -0.301. The fourth-order valence-corrected chi connectivity index (χ4v) is 7.16. The van der Waals surface area contributed by atoms with E-state index in [-0.39, 0.29) is 30.8 Å². The minimum atomic E-state index is -0.532. The molecule has 0 aliphatic carbocycles. The Hall–Kier alpha value is -4.09. The number of piperidine rings is 1. The van der Waals surface area contributed by atoms with Gasteiger partial charge in [0, 0.05) is 57.0 Å². The molecular formula is C41H47N3O6. The average Bonchev–Trinajstić information content (AvgIpc) is 3.63. The number of nitrogens with zero attached hydrogens (tertiary/aromatic N) is 1. The number of rotatable bonds is 10. The first-order valence-corrected chi connectivity index (χ1v) is 17.7. The largest absolute Gasteiger partial charge is 0.392 e. The highest BCUT2D eigenvalue weighted by atomic mass is 16.7. The highest BCUT2D eigenvalue weighted by Crippen LogP contribution is 2.43. The molecule has 262 valence electrons. The van der Waals surface area contributed by atoms with Gasteiger partial charge in [0.05, 0.1) is 32.0 Å². The zero-order valence-corrected chi connectivity index (χ0v) is 28.6. The Labute approximate surface area is 294 Å². The molecule has 0 bridgehead atoms. The fraction of sp³-hybridized carbons (Fsp3) is 0.390. The summed E-state index contributed by atoms with van der Waals surface area (Å²) in [7, 11) is 0. The van der Waals surface area contributed by atoms with E-state index in [2.05, 4.69) is 71.0 Å². The van der Waals surface area contributed by atoms with Crippen LogP contribution in [0.4, 0.5) is 4.79 Å². The van der Waals surface area contributed by atoms with E-state index in [1.165, 1.54) is 0 Å². The Morgan fingerprint density at radius 1 is 0.760 bits per heavy atom. The first-order valence-electron chi connectivity index (χ1n) is 17.7. The Morgan fingerprint density at radius 3 is 2.12 bits per heavy atom. The van der Waals surface area contributed by atoms with Crippen molar-refractivity contribution in [1.29, 1.82) is 0 Å². The Morgan fingerprint density at radius 2 is 1.42 bits per heavy atom. The van der Waals surface area contributed by atoms with Crippen molar-refractivity contribution in [2.24, 2.45) is 5.92 Å². The predicted octanol–water partition coefficient (Wildman–Crippen LogP) is 6.48. The number of hydrogen-bond acceptors (Lipinski definition) is 7. The number of carbonyl (C=O) groups excluding carboxylic acids is 1. The highest BCUT2D eigenvalue weighted by Gasteiger charge is 2.43. The molecule has 9 nitrogen and oxygen atoms in total. The number of benzene rings is 4. The van der Waals surface area contributed by atoms with Crippen LogP contribution in [0.25, 0.3) is 11.1 Å². The number of urea groups is 1. The minimum Gasteiger partial charge on any atom is -0.392 e. The molecule has 7 rings (SSSR count). The van der Waals surface area contributed by atoms with Gasteiger partial charge >= 0.3 is 6.03 Å². The number of ether oxygens (including phenoxy) is 4. The summed E-state index contributed by atoms with van der Waals surface area (Å²) in [4.78, 5) is 14.9. The summed E-state index contributed by atoms with van der Waals surface area (Å²) in [6.07, 6.45) is 0.971. The lowest BCUT2D eigenvalue weighted by molar-refractivity contribution is -0.278. The summed E-state index contributed by atoms with van der Waals surface area (Å²) in [6.45, 7) is 7.06. The maximum atomic E-state index is 12.4. The molecule has 3 fully saturated rings. The molecule has 9 heteroatoms. The first-order chi connectivity index (χ1) is 24.5. The summed E-state index contributed by atoms with van der Waals surface area (Å²) in [6, 6.07) is 34.3. The number of hydrogen-bond donors (Lipinski definition) is 3. The molecule has 50 heavy (non-hydrogen) atoms. The molecule has 3 N–H and O–H groups in total. The van der Waals surface area contributed by atoms with Crippen molar-refractivity contribution < 1.29 is 28.8 Å². The van der Waals surface area contributed by atoms with Crippen molar-refractivity contribution in [3.05, 3.63) is 131 Å². The van der Waals surface area contributed by atoms with Gasteiger partial charge in [-0.2, -0.15) is 0 Å². The van der Waals surface area contributed by atoms with Crippen LogP contribution in [-0.2, 0) is 38.6 Å². The van der Waals surface area contributed by atoms with Crippen LogP contribution in [0.1, 0.15) is 60.0 Å². The van der Waals surface area contributed by atoms with Crippen LogP contribution < -0.4 is 10.6 Å². The third-order valence-electron chi connectivity index (χ3n) is 10.2. The average molecular weight is 678 g/mol. The van der Waals surface area contributed by atoms with Crippen molar-refractivity contribution in [3.8, 4) is 11.1 Å². The van der Waals surface area contributed by atoms with Crippen LogP contribution in [0, 0.1) is 5.92 Å². The normalized spacial score (nSPS) is 23.5. The van der Waals surface area contributed by atoms with Gasteiger partial charge in [-0.1, -0.05) is 104 Å². The quantitative estimate of drug-likeness (QED) is 0.177. The third-order valence-corrected chi connectivity index (χ3v) is 10.2. The minimum absolute atomic E-state index is 0.00938. The standard InChI is InChI=1S/C41H47N3O6/c1-29-37(27-44-20-18-41(19-21-44)47-22-23-48-41)49-39(50-38(29)34-12-10-31(28-45)11-13-34)35-16-14-33(15-17-35)36-9-5-8-32(24-36)26-43-40(46)42-25-30-6-3-2-4-7-30/h2-17,24,29,37-39,45H,18-23,25-28H2,1H3,(H2,42,43,46). The van der Waals surface area contributed by atoms with Gasteiger partial charge in [0.25, 0.3) is 0 Å². The molecule has 3 saturated heterocycles. The summed E-state index contributed by atoms with van der Waals surface area (Å²) in [5.41, 5.74) is 7.12. The molecule has 3 aliphatic rings. The van der Waals surface area contributed by atoms with Crippen LogP contribution in [0.2, 0.25) is 0 Å². The molecule has 2 amide bonds. The van der Waals surface area contributed by atoms with Gasteiger partial charge in [0.15, 0.2) is 12.1 Å². The van der Waals surface area contributed by atoms with E-state index in [4.69, 9.17) is 18.9 Å². The second-order valence-corrected chi connectivity index (χ2v) is 13.6. The number of aliphatic hydroxyl groups excluding tert-OH is 1. The Bertz CT molecular complexity index is 1680. The molecule has 0 radical (unpaired) electrons. The molecule has 0 aromatic heterocycles. The fourth-order valence-electron chi connectivity index (χ4n) is 7.16. The van der Waals surface area contributed by atoms with Gasteiger partial charge in [-0.3, -0.25) is 0 Å². The van der Waals surface area contributed by atoms with Crippen LogP contribution >= 0.6 is 0 Å². The highest BCUT2D eigenvalue weighted by molar-refractivity contribution is 5.74. The smallest absolute Gasteiger partial charge is 0.315 e. The summed E-state index contributed by atoms with van der Waals surface area (Å²) >= 11 is 0. The lowest BCUT2D eigenvalue weighted by Crippen LogP contribution is -2.50. The van der Waals surface area contributed by atoms with Crippen LogP contribution in [0.3, 0.4) is 0 Å². The van der Waals surface area contributed by atoms with E-state index in [9.17, 15) is 9.90 Å². The van der Waals surface area contributed by atoms with Crippen molar-refractivity contribution in [3.63, 3.8) is 0 Å². The second-order valence-electron chi connectivity index (χ2n) is 13.6. The monoisotopic (exact) mass is 677 g/mol. The SMILES string of the molecule is CC1C(CN2CCC3(CC2)OCCO3)OC(c2ccc(-c3cccc(CNC(=O)NCc4ccccc4)c3)cc2)OC1c1ccc(CO)cc1. The number of nitrogens with one attached hydrogen (secondary N) is 2. The molecule has 4 aromatic rings. The van der Waals surface area contributed by atoms with E-state index in [1.54, 1.807) is 0 Å². The Kier molecular flexibility index (Phi) is 10.9. The van der Waals surface area contributed by atoms with E-state index in [0.29, 0.717) is 26.3 Å². The Balaban J connectivity index is 1.02. The summed E-state index contributed by atoms with van der Waals surface area (Å²) < 4.78 is 25.4. The molecule has 4 unspecified atom stereocenters. The molecule has 4 aromatic carbocycles. The van der Waals surface area contributed by atoms with Crippen LogP contribution in [-0.4, -0.2) is 60.8 Å². The molecule has 4 atom stereocenters. The molecule has 0 saturated carbocycles. The zero-order chi connectivity index (χ0) is 34.3. The maximum Gasteiger partial charge on any atom is 0.315 e. The summed E-state index contributed by atoms with van der Waals surface area (Å²) in [5, 5.41) is 15.5. The number of likely N-dealkylation sites (tertiary alicyclic amines) is 1. The molecular weight excluding hydrogens is 630 g/mol. The molecule has 3 aliphatic heterocycles. The lowest BCUT2D eigenvalue weighted by atomic mass is 9.89. The van der Waals surface area contributed by atoms with Gasteiger partial charge in [-0.25, -0.2) is 4.79 Å².